The van der Waals surface area contributed by atoms with Crippen LogP contribution in [0.5, 0.6) is 0 Å². The lowest BCUT2D eigenvalue weighted by Gasteiger charge is -2.35. The molecular weight excluding hydrogens is 296 g/mol. The summed E-state index contributed by atoms with van der Waals surface area (Å²) in [5, 5.41) is 0. The first-order valence-corrected chi connectivity index (χ1v) is 8.22. The molecule has 2 heterocycles. The van der Waals surface area contributed by atoms with Crippen molar-refractivity contribution >= 4 is 5.91 Å². The summed E-state index contributed by atoms with van der Waals surface area (Å²) in [5.74, 6) is -0.186. The van der Waals surface area contributed by atoms with E-state index in [1.54, 1.807) is 24.3 Å². The fourth-order valence-corrected chi connectivity index (χ4v) is 3.12. The van der Waals surface area contributed by atoms with Crippen LogP contribution >= 0.6 is 0 Å². The third-order valence-corrected chi connectivity index (χ3v) is 4.60. The molecule has 6 nitrogen and oxygen atoms in total. The van der Waals surface area contributed by atoms with Crippen molar-refractivity contribution in [3.63, 3.8) is 0 Å². The summed E-state index contributed by atoms with van der Waals surface area (Å²) < 4.78 is 12.7. The van der Waals surface area contributed by atoms with Crippen molar-refractivity contribution in [2.75, 3.05) is 33.5 Å². The van der Waals surface area contributed by atoms with Gasteiger partial charge >= 0.3 is 0 Å². The number of hydrogen-bond acceptors (Lipinski definition) is 4. The van der Waals surface area contributed by atoms with Crippen LogP contribution in [0.25, 0.3) is 0 Å². The molecule has 0 aromatic carbocycles. The van der Waals surface area contributed by atoms with Gasteiger partial charge < -0.3 is 18.9 Å². The van der Waals surface area contributed by atoms with Crippen molar-refractivity contribution in [1.82, 2.24) is 9.47 Å². The largest absolute Gasteiger partial charge is 0.385 e. The van der Waals surface area contributed by atoms with Crippen LogP contribution in [0, 0.1) is 6.92 Å². The number of morpholine rings is 1. The van der Waals surface area contributed by atoms with Crippen molar-refractivity contribution in [2.45, 2.75) is 38.3 Å². The van der Waals surface area contributed by atoms with Crippen LogP contribution in [-0.2, 0) is 9.47 Å². The standard InChI is InChI=1S/C17H24N2O4/c1-12-9-16(20)15(10-19(12)13-3-4-13)17(21)18-6-8-23-11-14(18)5-7-22-2/h9-10,13-14H,3-8,11H2,1-2H3. The molecule has 6 heteroatoms. The average molecular weight is 320 g/mol. The van der Waals surface area contributed by atoms with Crippen LogP contribution < -0.4 is 5.43 Å². The van der Waals surface area contributed by atoms with Gasteiger partial charge in [-0.1, -0.05) is 0 Å². The van der Waals surface area contributed by atoms with E-state index in [4.69, 9.17) is 9.47 Å². The maximum atomic E-state index is 12.9. The number of nitrogens with zero attached hydrogens (tertiary/aromatic N) is 2. The second kappa shape index (κ2) is 6.84. The van der Waals surface area contributed by atoms with Crippen molar-refractivity contribution < 1.29 is 14.3 Å². The van der Waals surface area contributed by atoms with E-state index < -0.39 is 0 Å². The van der Waals surface area contributed by atoms with E-state index in [0.717, 1.165) is 18.5 Å². The van der Waals surface area contributed by atoms with Crippen molar-refractivity contribution in [1.29, 1.82) is 0 Å². The third kappa shape index (κ3) is 3.48. The Morgan fingerprint density at radius 3 is 2.91 bits per heavy atom. The Hall–Kier alpha value is -1.66. The first-order chi connectivity index (χ1) is 11.1. The first-order valence-electron chi connectivity index (χ1n) is 8.22. The Bertz CT molecular complexity index is 636. The average Bonchev–Trinajstić information content (AvgIpc) is 3.37. The molecule has 3 rings (SSSR count). The Morgan fingerprint density at radius 1 is 1.43 bits per heavy atom. The molecule has 1 saturated carbocycles. The van der Waals surface area contributed by atoms with Crippen LogP contribution in [0.4, 0.5) is 0 Å². The molecule has 0 spiro atoms. The number of carbonyl (C=O) groups excluding carboxylic acids is 1. The van der Waals surface area contributed by atoms with Crippen LogP contribution in [0.15, 0.2) is 17.1 Å². The van der Waals surface area contributed by atoms with E-state index in [1.807, 2.05) is 6.92 Å². The quantitative estimate of drug-likeness (QED) is 0.822. The number of pyridine rings is 1. The minimum Gasteiger partial charge on any atom is -0.385 e. The summed E-state index contributed by atoms with van der Waals surface area (Å²) in [4.78, 5) is 27.0. The molecule has 0 radical (unpaired) electrons. The topological polar surface area (TPSA) is 60.8 Å². The van der Waals surface area contributed by atoms with Gasteiger partial charge in [0.2, 0.25) is 0 Å². The van der Waals surface area contributed by atoms with Gasteiger partial charge in [0.05, 0.1) is 19.3 Å². The molecule has 1 saturated heterocycles. The van der Waals surface area contributed by atoms with Crippen LogP contribution in [0.1, 0.15) is 41.4 Å². The minimum absolute atomic E-state index is 0.0359. The molecule has 2 aliphatic rings. The van der Waals surface area contributed by atoms with Crippen molar-refractivity contribution in [2.24, 2.45) is 0 Å². The van der Waals surface area contributed by atoms with Gasteiger partial charge in [0.15, 0.2) is 5.43 Å². The fraction of sp³-hybridized carbons (Fsp3) is 0.647. The van der Waals surface area contributed by atoms with E-state index in [0.29, 0.717) is 38.8 Å². The predicted octanol–water partition coefficient (Wildman–Crippen LogP) is 1.37. The zero-order chi connectivity index (χ0) is 16.4. The minimum atomic E-state index is -0.193. The Labute approximate surface area is 136 Å². The van der Waals surface area contributed by atoms with Gasteiger partial charge in [0, 0.05) is 44.3 Å². The molecule has 1 unspecified atom stereocenters. The number of methoxy groups -OCH3 is 1. The monoisotopic (exact) mass is 320 g/mol. The molecule has 23 heavy (non-hydrogen) atoms. The normalized spacial score (nSPS) is 21.5. The molecule has 1 aliphatic carbocycles. The summed E-state index contributed by atoms with van der Waals surface area (Å²) in [6.07, 6.45) is 4.70. The van der Waals surface area contributed by atoms with E-state index >= 15 is 0 Å². The van der Waals surface area contributed by atoms with E-state index in [9.17, 15) is 9.59 Å². The smallest absolute Gasteiger partial charge is 0.259 e. The molecule has 1 aliphatic heterocycles. The Morgan fingerprint density at radius 2 is 2.22 bits per heavy atom. The second-order valence-electron chi connectivity index (χ2n) is 6.34. The SMILES string of the molecule is COCCC1COCCN1C(=O)c1cn(C2CC2)c(C)cc1=O. The Balaban J connectivity index is 1.86. The molecular formula is C17H24N2O4. The van der Waals surface area contributed by atoms with E-state index in [-0.39, 0.29) is 22.9 Å². The van der Waals surface area contributed by atoms with Crippen molar-refractivity contribution in [3.05, 3.63) is 33.7 Å². The van der Waals surface area contributed by atoms with Gasteiger partial charge in [-0.3, -0.25) is 9.59 Å². The highest BCUT2D eigenvalue weighted by Crippen LogP contribution is 2.35. The number of aryl methyl sites for hydroxylation is 1. The molecule has 1 atom stereocenters. The maximum Gasteiger partial charge on any atom is 0.259 e. The van der Waals surface area contributed by atoms with Gasteiger partial charge in [-0.2, -0.15) is 0 Å². The maximum absolute atomic E-state index is 12.9. The second-order valence-corrected chi connectivity index (χ2v) is 6.34. The van der Waals surface area contributed by atoms with Gasteiger partial charge in [0.25, 0.3) is 5.91 Å². The third-order valence-electron chi connectivity index (χ3n) is 4.60. The number of carbonyl (C=O) groups is 1. The molecule has 1 aromatic heterocycles. The number of hydrogen-bond donors (Lipinski definition) is 0. The lowest BCUT2D eigenvalue weighted by Crippen LogP contribution is -2.50. The van der Waals surface area contributed by atoms with Gasteiger partial charge in [-0.15, -0.1) is 0 Å². The van der Waals surface area contributed by atoms with E-state index in [2.05, 4.69) is 4.57 Å². The number of ether oxygens (including phenoxy) is 2. The summed E-state index contributed by atoms with van der Waals surface area (Å²) >= 11 is 0. The fourth-order valence-electron chi connectivity index (χ4n) is 3.12. The zero-order valence-corrected chi connectivity index (χ0v) is 13.8. The number of amides is 1. The van der Waals surface area contributed by atoms with Gasteiger partial charge in [0.1, 0.15) is 5.56 Å². The number of aromatic nitrogens is 1. The van der Waals surface area contributed by atoms with Gasteiger partial charge in [-0.25, -0.2) is 0 Å². The first kappa shape index (κ1) is 16.2. The van der Waals surface area contributed by atoms with Crippen LogP contribution in [-0.4, -0.2) is 54.9 Å². The molecule has 2 fully saturated rings. The van der Waals surface area contributed by atoms with Gasteiger partial charge in [-0.05, 0) is 26.2 Å². The highest BCUT2D eigenvalue weighted by Gasteiger charge is 2.31. The molecule has 0 N–H and O–H groups in total. The molecule has 0 bridgehead atoms. The number of rotatable bonds is 5. The molecule has 1 aromatic rings. The highest BCUT2D eigenvalue weighted by atomic mass is 16.5. The predicted molar refractivity (Wildman–Crippen MR) is 85.8 cm³/mol. The lowest BCUT2D eigenvalue weighted by atomic mass is 10.1. The molecule has 1 amide bonds. The Kier molecular flexibility index (Phi) is 4.82. The summed E-state index contributed by atoms with van der Waals surface area (Å²) in [5.41, 5.74) is 1.00. The van der Waals surface area contributed by atoms with Crippen LogP contribution in [0.2, 0.25) is 0 Å². The van der Waals surface area contributed by atoms with Crippen molar-refractivity contribution in [3.8, 4) is 0 Å². The zero-order valence-electron chi connectivity index (χ0n) is 13.8. The molecule has 126 valence electrons. The summed E-state index contributed by atoms with van der Waals surface area (Å²) in [6.45, 7) is 4.02. The van der Waals surface area contributed by atoms with E-state index in [1.165, 1.54) is 0 Å². The lowest BCUT2D eigenvalue weighted by molar-refractivity contribution is -0.0105. The summed E-state index contributed by atoms with van der Waals surface area (Å²) in [7, 11) is 1.64. The summed E-state index contributed by atoms with van der Waals surface area (Å²) in [6, 6.07) is 1.98. The van der Waals surface area contributed by atoms with Crippen LogP contribution in [0.3, 0.4) is 0 Å². The highest BCUT2D eigenvalue weighted by molar-refractivity contribution is 5.94.